The topological polar surface area (TPSA) is 67.4 Å². The van der Waals surface area contributed by atoms with Crippen LogP contribution in [0.1, 0.15) is 29.0 Å². The molecule has 0 bridgehead atoms. The van der Waals surface area contributed by atoms with E-state index in [1.165, 1.54) is 0 Å². The van der Waals surface area contributed by atoms with Crippen LogP contribution in [0.25, 0.3) is 0 Å². The lowest BCUT2D eigenvalue weighted by Gasteiger charge is -2.18. The van der Waals surface area contributed by atoms with E-state index in [0.717, 1.165) is 16.7 Å². The highest BCUT2D eigenvalue weighted by Gasteiger charge is 2.18. The number of benzene rings is 3. The summed E-state index contributed by atoms with van der Waals surface area (Å²) >= 11 is 0. The number of carbonyl (C=O) groups excluding carboxylic acids is 2. The zero-order valence-electron chi connectivity index (χ0n) is 16.3. The summed E-state index contributed by atoms with van der Waals surface area (Å²) in [5.74, 6) is -0.149. The summed E-state index contributed by atoms with van der Waals surface area (Å²) in [7, 11) is 0. The van der Waals surface area contributed by atoms with Gasteiger partial charge in [-0.05, 0) is 29.7 Å². The molecule has 0 atom stereocenters. The second-order valence-electron chi connectivity index (χ2n) is 6.73. The van der Waals surface area contributed by atoms with Crippen molar-refractivity contribution in [3.63, 3.8) is 0 Å². The van der Waals surface area contributed by atoms with Gasteiger partial charge >= 0.3 is 0 Å². The lowest BCUT2D eigenvalue weighted by molar-refractivity contribution is -0.130. The van der Waals surface area contributed by atoms with Crippen molar-refractivity contribution in [3.05, 3.63) is 102 Å². The number of nitrogens with one attached hydrogen (secondary N) is 2. The zero-order chi connectivity index (χ0) is 20.5. The van der Waals surface area contributed by atoms with Gasteiger partial charge < -0.3 is 4.74 Å². The Hall–Kier alpha value is -3.60. The average Bonchev–Trinajstić information content (AvgIpc) is 2.76. The lowest BCUT2D eigenvalue weighted by Crippen LogP contribution is -2.44. The Balaban J connectivity index is 1.55. The highest BCUT2D eigenvalue weighted by molar-refractivity contribution is 5.83. The highest BCUT2D eigenvalue weighted by Crippen LogP contribution is 2.27. The smallest absolute Gasteiger partial charge is 0.276 e. The summed E-state index contributed by atoms with van der Waals surface area (Å²) in [5.41, 5.74) is 7.93. The number of amides is 2. The van der Waals surface area contributed by atoms with E-state index in [9.17, 15) is 9.59 Å². The van der Waals surface area contributed by atoms with Crippen LogP contribution in [0.4, 0.5) is 0 Å². The number of rotatable bonds is 7. The molecule has 5 nitrogen and oxygen atoms in total. The molecule has 0 saturated carbocycles. The van der Waals surface area contributed by atoms with Gasteiger partial charge in [-0.25, -0.2) is 0 Å². The molecule has 3 aromatic carbocycles. The first kappa shape index (κ1) is 20.1. The fourth-order valence-electron chi connectivity index (χ4n) is 3.07. The Labute approximate surface area is 170 Å². The summed E-state index contributed by atoms with van der Waals surface area (Å²) in [6.07, 6.45) is 0.215. The van der Waals surface area contributed by atoms with Crippen molar-refractivity contribution in [2.45, 2.75) is 19.3 Å². The number of ether oxygens (including phenoxy) is 1. The molecule has 0 heterocycles. The van der Waals surface area contributed by atoms with Crippen LogP contribution in [-0.4, -0.2) is 18.4 Å². The molecule has 0 aliphatic rings. The molecule has 0 fully saturated rings. The average molecular weight is 388 g/mol. The van der Waals surface area contributed by atoms with Gasteiger partial charge in [0.05, 0.1) is 0 Å². The third kappa shape index (κ3) is 5.94. The van der Waals surface area contributed by atoms with Crippen LogP contribution >= 0.6 is 0 Å². The van der Waals surface area contributed by atoms with Crippen molar-refractivity contribution < 1.29 is 14.3 Å². The molecule has 0 aromatic heterocycles. The van der Waals surface area contributed by atoms with E-state index in [0.29, 0.717) is 5.75 Å². The first-order valence-corrected chi connectivity index (χ1v) is 9.49. The van der Waals surface area contributed by atoms with E-state index in [4.69, 9.17) is 4.74 Å². The van der Waals surface area contributed by atoms with Crippen molar-refractivity contribution >= 4 is 11.8 Å². The van der Waals surface area contributed by atoms with Crippen LogP contribution in [0.15, 0.2) is 84.9 Å². The summed E-state index contributed by atoms with van der Waals surface area (Å²) in [6.45, 7) is 1.73. The van der Waals surface area contributed by atoms with Gasteiger partial charge in [0, 0.05) is 12.3 Å². The van der Waals surface area contributed by atoms with E-state index in [2.05, 4.69) is 10.9 Å². The Morgan fingerprint density at radius 3 is 1.86 bits per heavy atom. The van der Waals surface area contributed by atoms with Crippen LogP contribution in [0.2, 0.25) is 0 Å². The van der Waals surface area contributed by atoms with Gasteiger partial charge in [0.1, 0.15) is 5.75 Å². The molecule has 148 valence electrons. The zero-order valence-corrected chi connectivity index (χ0v) is 16.3. The number of para-hydroxylation sites is 1. The predicted octanol–water partition coefficient (Wildman–Crippen LogP) is 3.74. The maximum absolute atomic E-state index is 12.5. The molecule has 0 spiro atoms. The molecular formula is C24H24N2O3. The predicted molar refractivity (Wildman–Crippen MR) is 112 cm³/mol. The molecule has 0 saturated heterocycles. The van der Waals surface area contributed by atoms with Crippen LogP contribution < -0.4 is 15.6 Å². The first-order chi connectivity index (χ1) is 14.1. The molecule has 2 N–H and O–H groups in total. The van der Waals surface area contributed by atoms with Crippen LogP contribution in [0.5, 0.6) is 5.75 Å². The third-order valence-electron chi connectivity index (χ3n) is 4.59. The second-order valence-corrected chi connectivity index (χ2v) is 6.73. The molecule has 5 heteroatoms. The van der Waals surface area contributed by atoms with Gasteiger partial charge in [-0.1, -0.05) is 78.9 Å². The number of aryl methyl sites for hydroxylation is 1. The van der Waals surface area contributed by atoms with Crippen molar-refractivity contribution in [2.24, 2.45) is 0 Å². The normalized spacial score (nSPS) is 10.4. The first-order valence-electron chi connectivity index (χ1n) is 9.49. The fourth-order valence-corrected chi connectivity index (χ4v) is 3.07. The van der Waals surface area contributed by atoms with E-state index in [1.807, 2.05) is 85.8 Å². The molecule has 3 rings (SSSR count). The van der Waals surface area contributed by atoms with Gasteiger partial charge in [-0.3, -0.25) is 20.4 Å². The standard InChI is InChI=1S/C24H24N2O3/c1-18-10-8-9-15-22(18)29-17-24(28)26-25-23(27)16-21(19-11-4-2-5-12-19)20-13-6-3-7-14-20/h2-15,21H,16-17H2,1H3,(H,25,27)(H,26,28). The van der Waals surface area contributed by atoms with Gasteiger partial charge in [-0.15, -0.1) is 0 Å². The molecule has 3 aromatic rings. The number of hydrazine groups is 1. The maximum Gasteiger partial charge on any atom is 0.276 e. The van der Waals surface area contributed by atoms with Gasteiger partial charge in [0.25, 0.3) is 5.91 Å². The number of hydrogen-bond donors (Lipinski definition) is 2. The monoisotopic (exact) mass is 388 g/mol. The SMILES string of the molecule is Cc1ccccc1OCC(=O)NNC(=O)CC(c1ccccc1)c1ccccc1. The van der Waals surface area contributed by atoms with Crippen LogP contribution in [-0.2, 0) is 9.59 Å². The molecule has 0 aliphatic carbocycles. The van der Waals surface area contributed by atoms with Gasteiger partial charge in [0.2, 0.25) is 5.91 Å². The van der Waals surface area contributed by atoms with Crippen molar-refractivity contribution in [1.82, 2.24) is 10.9 Å². The van der Waals surface area contributed by atoms with E-state index < -0.39 is 5.91 Å². The molecular weight excluding hydrogens is 364 g/mol. The van der Waals surface area contributed by atoms with Crippen molar-refractivity contribution in [1.29, 1.82) is 0 Å². The Bertz CT molecular complexity index is 903. The molecule has 0 radical (unpaired) electrons. The maximum atomic E-state index is 12.5. The third-order valence-corrected chi connectivity index (χ3v) is 4.59. The second kappa shape index (κ2) is 10.1. The fraction of sp³-hybridized carbons (Fsp3) is 0.167. The number of hydrogen-bond acceptors (Lipinski definition) is 3. The van der Waals surface area contributed by atoms with E-state index in [-0.39, 0.29) is 24.9 Å². The highest BCUT2D eigenvalue weighted by atomic mass is 16.5. The molecule has 29 heavy (non-hydrogen) atoms. The van der Waals surface area contributed by atoms with Crippen molar-refractivity contribution in [2.75, 3.05) is 6.61 Å². The molecule has 2 amide bonds. The van der Waals surface area contributed by atoms with Crippen LogP contribution in [0.3, 0.4) is 0 Å². The Morgan fingerprint density at radius 2 is 1.28 bits per heavy atom. The van der Waals surface area contributed by atoms with Crippen LogP contribution in [0, 0.1) is 6.92 Å². The van der Waals surface area contributed by atoms with E-state index >= 15 is 0 Å². The molecule has 0 unspecified atom stereocenters. The largest absolute Gasteiger partial charge is 0.483 e. The minimum atomic E-state index is -0.419. The van der Waals surface area contributed by atoms with Gasteiger partial charge in [0.15, 0.2) is 6.61 Å². The van der Waals surface area contributed by atoms with E-state index in [1.54, 1.807) is 6.07 Å². The number of carbonyl (C=O) groups is 2. The summed E-state index contributed by atoms with van der Waals surface area (Å²) < 4.78 is 5.49. The summed E-state index contributed by atoms with van der Waals surface area (Å²) in [6, 6.07) is 27.1. The Morgan fingerprint density at radius 1 is 0.759 bits per heavy atom. The quantitative estimate of drug-likeness (QED) is 0.606. The minimum absolute atomic E-state index is 0.0995. The Kier molecular flexibility index (Phi) is 7.00. The molecule has 0 aliphatic heterocycles. The minimum Gasteiger partial charge on any atom is -0.483 e. The van der Waals surface area contributed by atoms with Crippen molar-refractivity contribution in [3.8, 4) is 5.75 Å². The summed E-state index contributed by atoms with van der Waals surface area (Å²) in [4.78, 5) is 24.5. The van der Waals surface area contributed by atoms with Gasteiger partial charge in [-0.2, -0.15) is 0 Å². The lowest BCUT2D eigenvalue weighted by atomic mass is 9.88. The summed E-state index contributed by atoms with van der Waals surface area (Å²) in [5, 5.41) is 0.